The average Bonchev–Trinajstić information content (AvgIpc) is 2.62. The smallest absolute Gasteiger partial charge is 0.338 e. The van der Waals surface area contributed by atoms with Crippen LogP contribution < -0.4 is 5.32 Å². The van der Waals surface area contributed by atoms with Gasteiger partial charge in [0.1, 0.15) is 0 Å². The van der Waals surface area contributed by atoms with E-state index in [0.717, 1.165) is 18.4 Å². The number of nitrogens with one attached hydrogen (secondary N) is 1. The van der Waals surface area contributed by atoms with Crippen molar-refractivity contribution < 1.29 is 14.3 Å². The van der Waals surface area contributed by atoms with Crippen LogP contribution in [-0.4, -0.2) is 18.5 Å². The monoisotopic (exact) mass is 357 g/mol. The van der Waals surface area contributed by atoms with Gasteiger partial charge >= 0.3 is 5.97 Å². The van der Waals surface area contributed by atoms with E-state index in [4.69, 9.17) is 16.3 Å². The predicted molar refractivity (Wildman–Crippen MR) is 101 cm³/mol. The fourth-order valence-electron chi connectivity index (χ4n) is 2.04. The average molecular weight is 358 g/mol. The number of anilines is 1. The van der Waals surface area contributed by atoms with Gasteiger partial charge in [-0.3, -0.25) is 4.79 Å². The number of rotatable bonds is 7. The molecule has 5 heteroatoms. The van der Waals surface area contributed by atoms with Crippen LogP contribution in [0.15, 0.2) is 54.6 Å². The van der Waals surface area contributed by atoms with Crippen LogP contribution >= 0.6 is 11.6 Å². The van der Waals surface area contributed by atoms with Gasteiger partial charge in [-0.05, 0) is 48.4 Å². The maximum Gasteiger partial charge on any atom is 0.338 e. The van der Waals surface area contributed by atoms with Crippen LogP contribution in [-0.2, 0) is 9.53 Å². The van der Waals surface area contributed by atoms with E-state index in [9.17, 15) is 9.59 Å². The first-order chi connectivity index (χ1) is 12.1. The highest BCUT2D eigenvalue weighted by atomic mass is 35.5. The van der Waals surface area contributed by atoms with Crippen LogP contribution in [0, 0.1) is 0 Å². The van der Waals surface area contributed by atoms with E-state index in [1.165, 1.54) is 6.08 Å². The molecule has 0 heterocycles. The summed E-state index contributed by atoms with van der Waals surface area (Å²) in [6.07, 6.45) is 4.88. The molecule has 1 amide bonds. The molecule has 0 atom stereocenters. The second-order valence-electron chi connectivity index (χ2n) is 5.41. The molecule has 2 aromatic carbocycles. The normalized spacial score (nSPS) is 10.6. The molecule has 2 aromatic rings. The molecule has 0 spiro atoms. The third-order valence-electron chi connectivity index (χ3n) is 3.44. The Morgan fingerprint density at radius 3 is 2.52 bits per heavy atom. The summed E-state index contributed by atoms with van der Waals surface area (Å²) in [6.45, 7) is 2.45. The SMILES string of the molecule is CCCCOC(=O)c1ccc(NC(=O)C=Cc2ccccc2Cl)cc1. The topological polar surface area (TPSA) is 55.4 Å². The molecule has 0 aliphatic rings. The molecular weight excluding hydrogens is 338 g/mol. The second kappa shape index (κ2) is 9.64. The lowest BCUT2D eigenvalue weighted by Gasteiger charge is -2.06. The van der Waals surface area contributed by atoms with Crippen LogP contribution in [0.3, 0.4) is 0 Å². The number of benzene rings is 2. The summed E-state index contributed by atoms with van der Waals surface area (Å²) in [5.74, 6) is -0.636. The molecule has 0 saturated heterocycles. The summed E-state index contributed by atoms with van der Waals surface area (Å²) in [5.41, 5.74) is 1.82. The van der Waals surface area contributed by atoms with E-state index < -0.39 is 0 Å². The first kappa shape index (κ1) is 18.7. The number of halogens is 1. The Labute approximate surface area is 152 Å². The van der Waals surface area contributed by atoms with Gasteiger partial charge in [0.2, 0.25) is 5.91 Å². The molecule has 0 aromatic heterocycles. The molecule has 0 aliphatic heterocycles. The highest BCUT2D eigenvalue weighted by molar-refractivity contribution is 6.32. The number of hydrogen-bond acceptors (Lipinski definition) is 3. The van der Waals surface area contributed by atoms with Gasteiger partial charge in [-0.25, -0.2) is 4.79 Å². The van der Waals surface area contributed by atoms with Crippen molar-refractivity contribution in [1.29, 1.82) is 0 Å². The molecule has 0 unspecified atom stereocenters. The van der Waals surface area contributed by atoms with E-state index in [0.29, 0.717) is 22.9 Å². The minimum Gasteiger partial charge on any atom is -0.462 e. The van der Waals surface area contributed by atoms with E-state index in [1.807, 2.05) is 25.1 Å². The van der Waals surface area contributed by atoms with Crippen molar-refractivity contribution in [2.24, 2.45) is 0 Å². The van der Waals surface area contributed by atoms with Crippen molar-refractivity contribution >= 4 is 35.2 Å². The molecule has 0 radical (unpaired) electrons. The number of esters is 1. The molecule has 130 valence electrons. The zero-order chi connectivity index (χ0) is 18.1. The maximum atomic E-state index is 12.0. The van der Waals surface area contributed by atoms with Gasteiger partial charge in [0.15, 0.2) is 0 Å². The fourth-order valence-corrected chi connectivity index (χ4v) is 2.24. The molecular formula is C20H20ClNO3. The lowest BCUT2D eigenvalue weighted by molar-refractivity contribution is -0.111. The Bertz CT molecular complexity index is 754. The van der Waals surface area contributed by atoms with Gasteiger partial charge in [0.05, 0.1) is 12.2 Å². The van der Waals surface area contributed by atoms with Crippen molar-refractivity contribution in [3.05, 3.63) is 70.8 Å². The quantitative estimate of drug-likeness (QED) is 0.433. The third kappa shape index (κ3) is 6.08. The largest absolute Gasteiger partial charge is 0.462 e. The van der Waals surface area contributed by atoms with E-state index in [2.05, 4.69) is 5.32 Å². The second-order valence-corrected chi connectivity index (χ2v) is 5.82. The van der Waals surface area contributed by atoms with E-state index >= 15 is 0 Å². The molecule has 25 heavy (non-hydrogen) atoms. The number of amides is 1. The van der Waals surface area contributed by atoms with Crippen molar-refractivity contribution in [2.45, 2.75) is 19.8 Å². The lowest BCUT2D eigenvalue weighted by Crippen LogP contribution is -2.09. The molecule has 0 saturated carbocycles. The number of ether oxygens (including phenoxy) is 1. The summed E-state index contributed by atoms with van der Waals surface area (Å²) in [6, 6.07) is 13.8. The highest BCUT2D eigenvalue weighted by Crippen LogP contribution is 2.16. The summed E-state index contributed by atoms with van der Waals surface area (Å²) >= 11 is 6.03. The Morgan fingerprint density at radius 1 is 1.12 bits per heavy atom. The number of carbonyl (C=O) groups excluding carboxylic acids is 2. The molecule has 0 fully saturated rings. The Hall–Kier alpha value is -2.59. The summed E-state index contributed by atoms with van der Waals surface area (Å²) < 4.78 is 5.14. The zero-order valence-corrected chi connectivity index (χ0v) is 14.8. The number of carbonyl (C=O) groups is 2. The van der Waals surface area contributed by atoms with Crippen molar-refractivity contribution in [2.75, 3.05) is 11.9 Å². The Balaban J connectivity index is 1.91. The van der Waals surface area contributed by atoms with Gasteiger partial charge in [-0.2, -0.15) is 0 Å². The number of hydrogen-bond donors (Lipinski definition) is 1. The first-order valence-electron chi connectivity index (χ1n) is 8.11. The summed E-state index contributed by atoms with van der Waals surface area (Å²) in [7, 11) is 0. The van der Waals surface area contributed by atoms with Gasteiger partial charge in [0.25, 0.3) is 0 Å². The van der Waals surface area contributed by atoms with Crippen molar-refractivity contribution in [3.63, 3.8) is 0 Å². The maximum absolute atomic E-state index is 12.0. The van der Waals surface area contributed by atoms with Gasteiger partial charge < -0.3 is 10.1 Å². The standard InChI is InChI=1S/C20H20ClNO3/c1-2-3-14-25-20(24)16-8-11-17(12-9-16)22-19(23)13-10-15-6-4-5-7-18(15)21/h4-13H,2-3,14H2,1H3,(H,22,23). The first-order valence-corrected chi connectivity index (χ1v) is 8.48. The highest BCUT2D eigenvalue weighted by Gasteiger charge is 2.07. The Morgan fingerprint density at radius 2 is 1.84 bits per heavy atom. The Kier molecular flexibility index (Phi) is 7.23. The molecule has 0 bridgehead atoms. The van der Waals surface area contributed by atoms with Crippen LogP contribution in [0.2, 0.25) is 5.02 Å². The van der Waals surface area contributed by atoms with Crippen LogP contribution in [0.4, 0.5) is 5.69 Å². The van der Waals surface area contributed by atoms with Gasteiger partial charge in [0, 0.05) is 16.8 Å². The van der Waals surface area contributed by atoms with Gasteiger partial charge in [-0.15, -0.1) is 0 Å². The molecule has 2 rings (SSSR count). The molecule has 4 nitrogen and oxygen atoms in total. The van der Waals surface area contributed by atoms with Crippen molar-refractivity contribution in [3.8, 4) is 0 Å². The predicted octanol–water partition coefficient (Wildman–Crippen LogP) is 4.95. The lowest BCUT2D eigenvalue weighted by atomic mass is 10.2. The minimum atomic E-state index is -0.357. The van der Waals surface area contributed by atoms with Crippen LogP contribution in [0.5, 0.6) is 0 Å². The zero-order valence-electron chi connectivity index (χ0n) is 14.0. The number of unbranched alkanes of at least 4 members (excludes halogenated alkanes) is 1. The van der Waals surface area contributed by atoms with E-state index in [-0.39, 0.29) is 11.9 Å². The summed E-state index contributed by atoms with van der Waals surface area (Å²) in [4.78, 5) is 23.8. The van der Waals surface area contributed by atoms with Crippen molar-refractivity contribution in [1.82, 2.24) is 0 Å². The van der Waals surface area contributed by atoms with Crippen LogP contribution in [0.1, 0.15) is 35.7 Å². The molecule has 1 N–H and O–H groups in total. The minimum absolute atomic E-state index is 0.279. The fraction of sp³-hybridized carbons (Fsp3) is 0.200. The van der Waals surface area contributed by atoms with Crippen LogP contribution in [0.25, 0.3) is 6.08 Å². The summed E-state index contributed by atoms with van der Waals surface area (Å²) in [5, 5.41) is 3.31. The molecule has 0 aliphatic carbocycles. The van der Waals surface area contributed by atoms with Gasteiger partial charge in [-0.1, -0.05) is 43.1 Å². The van der Waals surface area contributed by atoms with E-state index in [1.54, 1.807) is 36.4 Å². The third-order valence-corrected chi connectivity index (χ3v) is 3.78.